The van der Waals surface area contributed by atoms with Crippen LogP contribution in [0.3, 0.4) is 0 Å². The molecule has 2 aliphatic heterocycles. The smallest absolute Gasteiger partial charge is 0.240 e. The number of piperidine rings is 2. The van der Waals surface area contributed by atoms with Crippen LogP contribution in [0.1, 0.15) is 79.1 Å². The zero-order valence-corrected chi connectivity index (χ0v) is 22.2. The number of nitrogens with zero attached hydrogens (tertiary/aromatic N) is 2. The molecular weight excluding hydrogens is 456 g/mol. The maximum atomic E-state index is 12.8. The Morgan fingerprint density at radius 2 is 1.50 bits per heavy atom. The Labute approximate surface area is 215 Å². The number of carbonyl (C=O) groups is 4. The lowest BCUT2D eigenvalue weighted by atomic mass is 9.86. The summed E-state index contributed by atoms with van der Waals surface area (Å²) in [4.78, 5) is 53.8. The number of primary amides is 2. The first-order valence-corrected chi connectivity index (χ1v) is 13.2. The van der Waals surface area contributed by atoms with Gasteiger partial charge in [-0.1, -0.05) is 39.5 Å². The molecule has 4 amide bonds. The van der Waals surface area contributed by atoms with Gasteiger partial charge in [-0.3, -0.25) is 19.2 Å². The van der Waals surface area contributed by atoms with Gasteiger partial charge >= 0.3 is 0 Å². The summed E-state index contributed by atoms with van der Waals surface area (Å²) in [5.74, 6) is 11.0. The van der Waals surface area contributed by atoms with E-state index in [1.807, 2.05) is 32.6 Å². The predicted molar refractivity (Wildman–Crippen MR) is 139 cm³/mol. The van der Waals surface area contributed by atoms with E-state index in [0.29, 0.717) is 45.2 Å². The maximum absolute atomic E-state index is 12.8. The van der Waals surface area contributed by atoms with E-state index >= 15 is 0 Å². The second-order valence-corrected chi connectivity index (χ2v) is 10.2. The van der Waals surface area contributed by atoms with Crippen molar-refractivity contribution in [2.75, 3.05) is 13.1 Å². The molecule has 2 rings (SSSR count). The zero-order chi connectivity index (χ0) is 26.8. The standard InChI is InChI=1S/C28H42N4O4/c1-5-7-8-20-11-14-26(34)32(18-20)24(28(30)36)16-22(27(29)35)15-23(6-2)31-17-21(10-9-19(3)4)12-13-25(31)33/h19-24H,5-6,11-18H2,1-4H3,(H2,29,35)(H2,30,36). The molecule has 5 atom stereocenters. The first-order valence-electron chi connectivity index (χ1n) is 13.2. The van der Waals surface area contributed by atoms with Crippen LogP contribution in [-0.2, 0) is 19.2 Å². The molecule has 4 N–H and O–H groups in total. The molecule has 0 saturated carbocycles. The van der Waals surface area contributed by atoms with Gasteiger partial charge in [0, 0.05) is 62.1 Å². The summed E-state index contributed by atoms with van der Waals surface area (Å²) < 4.78 is 0. The van der Waals surface area contributed by atoms with Gasteiger partial charge in [0.2, 0.25) is 23.6 Å². The summed E-state index contributed by atoms with van der Waals surface area (Å²) in [6.07, 6.45) is 3.78. The quantitative estimate of drug-likeness (QED) is 0.472. The van der Waals surface area contributed by atoms with Gasteiger partial charge in [-0.2, -0.15) is 0 Å². The molecule has 0 aromatic heterocycles. The van der Waals surface area contributed by atoms with Crippen molar-refractivity contribution in [1.82, 2.24) is 9.80 Å². The number of nitrogens with two attached hydrogens (primary N) is 2. The van der Waals surface area contributed by atoms with Crippen molar-refractivity contribution in [2.24, 2.45) is 35.1 Å². The molecule has 36 heavy (non-hydrogen) atoms. The fourth-order valence-electron chi connectivity index (χ4n) is 5.00. The molecule has 2 fully saturated rings. The monoisotopic (exact) mass is 498 g/mol. The van der Waals surface area contributed by atoms with Crippen LogP contribution < -0.4 is 11.5 Å². The molecule has 0 aromatic carbocycles. The second-order valence-electron chi connectivity index (χ2n) is 10.2. The number of amides is 4. The highest BCUT2D eigenvalue weighted by Gasteiger charge is 2.38. The second kappa shape index (κ2) is 13.9. The van der Waals surface area contributed by atoms with Crippen LogP contribution in [-0.4, -0.2) is 58.6 Å². The van der Waals surface area contributed by atoms with Gasteiger partial charge in [0.1, 0.15) is 6.04 Å². The van der Waals surface area contributed by atoms with E-state index < -0.39 is 23.8 Å². The van der Waals surface area contributed by atoms with Crippen LogP contribution in [0.2, 0.25) is 0 Å². The van der Waals surface area contributed by atoms with Gasteiger partial charge in [0.25, 0.3) is 0 Å². The minimum atomic E-state index is -0.944. The van der Waals surface area contributed by atoms with Crippen molar-refractivity contribution < 1.29 is 19.2 Å². The van der Waals surface area contributed by atoms with Crippen molar-refractivity contribution in [3.63, 3.8) is 0 Å². The third kappa shape index (κ3) is 8.29. The number of carbonyl (C=O) groups excluding carboxylic acids is 4. The topological polar surface area (TPSA) is 127 Å². The average molecular weight is 499 g/mol. The van der Waals surface area contributed by atoms with Gasteiger partial charge in [0.05, 0.1) is 0 Å². The van der Waals surface area contributed by atoms with Gasteiger partial charge in [-0.15, -0.1) is 11.8 Å². The fourth-order valence-corrected chi connectivity index (χ4v) is 5.00. The van der Waals surface area contributed by atoms with Crippen LogP contribution >= 0.6 is 0 Å². The zero-order valence-electron chi connectivity index (χ0n) is 22.2. The first-order chi connectivity index (χ1) is 17.1. The summed E-state index contributed by atoms with van der Waals surface area (Å²) in [5, 5.41) is 0. The Morgan fingerprint density at radius 1 is 0.917 bits per heavy atom. The van der Waals surface area contributed by atoms with Crippen molar-refractivity contribution in [1.29, 1.82) is 0 Å². The van der Waals surface area contributed by atoms with Gasteiger partial charge in [0.15, 0.2) is 0 Å². The van der Waals surface area contributed by atoms with E-state index in [0.717, 1.165) is 6.42 Å². The SMILES string of the molecule is CCC#CC1CCC(=O)N(C(CC(CC(CC)N2CC(C#CC(C)C)CCC2=O)C(N)=O)C(N)=O)C1. The Hall–Kier alpha value is -3.00. The van der Waals surface area contributed by atoms with Crippen molar-refractivity contribution >= 4 is 23.6 Å². The van der Waals surface area contributed by atoms with E-state index in [4.69, 9.17) is 11.5 Å². The molecular formula is C28H42N4O4. The van der Waals surface area contributed by atoms with E-state index in [2.05, 4.69) is 23.7 Å². The van der Waals surface area contributed by atoms with Gasteiger partial charge in [-0.25, -0.2) is 0 Å². The molecule has 0 radical (unpaired) electrons. The lowest BCUT2D eigenvalue weighted by Gasteiger charge is -2.39. The number of hydrogen-bond donors (Lipinski definition) is 2. The first kappa shape index (κ1) is 29.2. The highest BCUT2D eigenvalue weighted by atomic mass is 16.2. The van der Waals surface area contributed by atoms with E-state index in [1.165, 1.54) is 4.90 Å². The van der Waals surface area contributed by atoms with Gasteiger partial charge < -0.3 is 21.3 Å². The molecule has 2 saturated heterocycles. The fraction of sp³-hybridized carbons (Fsp3) is 0.714. The van der Waals surface area contributed by atoms with Crippen LogP contribution in [0.5, 0.6) is 0 Å². The molecule has 0 spiro atoms. The Kier molecular flexibility index (Phi) is 11.3. The largest absolute Gasteiger partial charge is 0.369 e. The van der Waals surface area contributed by atoms with E-state index in [-0.39, 0.29) is 48.5 Å². The van der Waals surface area contributed by atoms with Crippen molar-refractivity contribution in [3.8, 4) is 23.7 Å². The lowest BCUT2D eigenvalue weighted by Crippen LogP contribution is -2.54. The number of hydrogen-bond acceptors (Lipinski definition) is 4. The normalized spacial score (nSPS) is 22.7. The van der Waals surface area contributed by atoms with Crippen LogP contribution in [0.25, 0.3) is 0 Å². The Morgan fingerprint density at radius 3 is 2.03 bits per heavy atom. The average Bonchev–Trinajstić information content (AvgIpc) is 2.83. The highest BCUT2D eigenvalue weighted by Crippen LogP contribution is 2.28. The third-order valence-corrected chi connectivity index (χ3v) is 7.03. The summed E-state index contributed by atoms with van der Waals surface area (Å²) >= 11 is 0. The molecule has 0 aromatic rings. The summed E-state index contributed by atoms with van der Waals surface area (Å²) in [6, 6.07) is -1.16. The molecule has 198 valence electrons. The Balaban J connectivity index is 2.20. The predicted octanol–water partition coefficient (Wildman–Crippen LogP) is 2.05. The molecule has 2 aliphatic rings. The van der Waals surface area contributed by atoms with Crippen LogP contribution in [0.4, 0.5) is 0 Å². The summed E-state index contributed by atoms with van der Waals surface area (Å²) in [6.45, 7) is 8.82. The third-order valence-electron chi connectivity index (χ3n) is 7.03. The highest BCUT2D eigenvalue weighted by molar-refractivity contribution is 5.88. The summed E-state index contributed by atoms with van der Waals surface area (Å²) in [5.41, 5.74) is 11.5. The summed E-state index contributed by atoms with van der Waals surface area (Å²) in [7, 11) is 0. The molecule has 2 heterocycles. The van der Waals surface area contributed by atoms with Gasteiger partial charge in [-0.05, 0) is 32.1 Å². The van der Waals surface area contributed by atoms with Crippen LogP contribution in [0.15, 0.2) is 0 Å². The minimum Gasteiger partial charge on any atom is -0.369 e. The van der Waals surface area contributed by atoms with Crippen LogP contribution in [0, 0.1) is 47.4 Å². The Bertz CT molecular complexity index is 939. The van der Waals surface area contributed by atoms with E-state index in [1.54, 1.807) is 0 Å². The molecule has 8 heteroatoms. The van der Waals surface area contributed by atoms with E-state index in [9.17, 15) is 19.2 Å². The lowest BCUT2D eigenvalue weighted by molar-refractivity contribution is -0.144. The molecule has 0 bridgehead atoms. The number of rotatable bonds is 9. The molecule has 5 unspecified atom stereocenters. The molecule has 8 nitrogen and oxygen atoms in total. The molecule has 0 aliphatic carbocycles. The number of likely N-dealkylation sites (tertiary alicyclic amines) is 2. The van der Waals surface area contributed by atoms with Crippen molar-refractivity contribution in [2.45, 2.75) is 91.1 Å². The minimum absolute atomic E-state index is 0.0326. The van der Waals surface area contributed by atoms with Crippen molar-refractivity contribution in [3.05, 3.63) is 0 Å². The maximum Gasteiger partial charge on any atom is 0.240 e.